The van der Waals surface area contributed by atoms with Crippen LogP contribution >= 0.6 is 0 Å². The molecule has 3 N–H and O–H groups in total. The van der Waals surface area contributed by atoms with Crippen LogP contribution in [0.3, 0.4) is 0 Å². The van der Waals surface area contributed by atoms with Crippen LogP contribution in [-0.4, -0.2) is 20.1 Å². The predicted octanol–water partition coefficient (Wildman–Crippen LogP) is 2.26. The predicted molar refractivity (Wildman–Crippen MR) is 57.5 cm³/mol. The van der Waals surface area contributed by atoms with Crippen molar-refractivity contribution in [3.63, 3.8) is 0 Å². The van der Waals surface area contributed by atoms with Crippen LogP contribution in [0.25, 0.3) is 22.6 Å². The Morgan fingerprint density at radius 1 is 1.00 bits per heavy atom. The molecule has 0 saturated carbocycles. The van der Waals surface area contributed by atoms with Crippen molar-refractivity contribution in [1.82, 2.24) is 15.0 Å². The van der Waals surface area contributed by atoms with Gasteiger partial charge in [-0.2, -0.15) is 0 Å². The number of benzene rings is 1. The van der Waals surface area contributed by atoms with E-state index in [1.165, 1.54) is 0 Å². The van der Waals surface area contributed by atoms with Gasteiger partial charge in [-0.25, -0.2) is 4.98 Å². The Balaban J connectivity index is 2.19. The number of para-hydroxylation sites is 2. The van der Waals surface area contributed by atoms with Crippen molar-refractivity contribution in [1.29, 1.82) is 0 Å². The fourth-order valence-corrected chi connectivity index (χ4v) is 1.60. The molecular weight excluding hydrogens is 190 g/mol. The fraction of sp³-hybridized carbons (Fsp3) is 0. The molecular formula is C11H9N3O. The number of aromatic hydroxyl groups is 1. The Bertz CT molecular complexity index is 576. The first-order valence-corrected chi connectivity index (χ1v) is 4.66. The van der Waals surface area contributed by atoms with Crippen LogP contribution in [0.15, 0.2) is 36.4 Å². The highest BCUT2D eigenvalue weighted by Gasteiger charge is 2.05. The second kappa shape index (κ2) is 2.88. The Hall–Kier alpha value is -2.23. The summed E-state index contributed by atoms with van der Waals surface area (Å²) in [6.45, 7) is 0. The molecule has 0 amide bonds. The smallest absolute Gasteiger partial charge is 0.188 e. The summed E-state index contributed by atoms with van der Waals surface area (Å²) in [7, 11) is 0. The second-order valence-electron chi connectivity index (χ2n) is 3.36. The Morgan fingerprint density at radius 2 is 1.87 bits per heavy atom. The van der Waals surface area contributed by atoms with Crippen LogP contribution in [0, 0.1) is 0 Å². The number of imidazole rings is 1. The van der Waals surface area contributed by atoms with E-state index in [1.807, 2.05) is 24.3 Å². The first kappa shape index (κ1) is 8.11. The number of rotatable bonds is 1. The summed E-state index contributed by atoms with van der Waals surface area (Å²) < 4.78 is 0. The van der Waals surface area contributed by atoms with Gasteiger partial charge < -0.3 is 15.1 Å². The molecule has 3 aromatic rings. The number of H-pyrrole nitrogens is 2. The number of nitrogens with one attached hydrogen (secondary N) is 2. The minimum absolute atomic E-state index is 0.144. The molecule has 2 aromatic heterocycles. The minimum atomic E-state index is 0.144. The molecule has 74 valence electrons. The van der Waals surface area contributed by atoms with Crippen molar-refractivity contribution in [3.05, 3.63) is 36.4 Å². The molecule has 0 saturated heterocycles. The maximum atomic E-state index is 9.19. The van der Waals surface area contributed by atoms with Crippen molar-refractivity contribution in [2.24, 2.45) is 0 Å². The molecule has 0 radical (unpaired) electrons. The third-order valence-electron chi connectivity index (χ3n) is 2.32. The average molecular weight is 199 g/mol. The van der Waals surface area contributed by atoms with E-state index in [0.29, 0.717) is 0 Å². The van der Waals surface area contributed by atoms with Crippen LogP contribution in [0.4, 0.5) is 0 Å². The van der Waals surface area contributed by atoms with Crippen LogP contribution in [0.1, 0.15) is 0 Å². The van der Waals surface area contributed by atoms with Gasteiger partial charge in [0.15, 0.2) is 11.7 Å². The lowest BCUT2D eigenvalue weighted by atomic mass is 10.3. The monoisotopic (exact) mass is 199 g/mol. The summed E-state index contributed by atoms with van der Waals surface area (Å²) in [5.74, 6) is 0.877. The van der Waals surface area contributed by atoms with Gasteiger partial charge in [-0.15, -0.1) is 0 Å². The van der Waals surface area contributed by atoms with Crippen molar-refractivity contribution in [2.75, 3.05) is 0 Å². The Kier molecular flexibility index (Phi) is 1.56. The van der Waals surface area contributed by atoms with E-state index in [-0.39, 0.29) is 5.88 Å². The van der Waals surface area contributed by atoms with Crippen molar-refractivity contribution < 1.29 is 5.11 Å². The molecule has 1 aromatic carbocycles. The van der Waals surface area contributed by atoms with Crippen LogP contribution in [0.2, 0.25) is 0 Å². The summed E-state index contributed by atoms with van der Waals surface area (Å²) in [5.41, 5.74) is 2.69. The molecule has 0 spiro atoms. The molecule has 0 unspecified atom stereocenters. The van der Waals surface area contributed by atoms with Crippen molar-refractivity contribution >= 4 is 11.0 Å². The summed E-state index contributed by atoms with van der Waals surface area (Å²) in [5, 5.41) is 9.19. The lowest BCUT2D eigenvalue weighted by Gasteiger charge is -1.88. The minimum Gasteiger partial charge on any atom is -0.495 e. The van der Waals surface area contributed by atoms with Crippen molar-refractivity contribution in [3.8, 4) is 17.4 Å². The maximum absolute atomic E-state index is 9.19. The number of hydrogen-bond donors (Lipinski definition) is 3. The van der Waals surface area contributed by atoms with Crippen molar-refractivity contribution in [2.45, 2.75) is 0 Å². The number of aromatic amines is 2. The Morgan fingerprint density at radius 3 is 2.60 bits per heavy atom. The van der Waals surface area contributed by atoms with Gasteiger partial charge in [-0.05, 0) is 18.2 Å². The second-order valence-corrected chi connectivity index (χ2v) is 3.36. The molecule has 2 heterocycles. The topological polar surface area (TPSA) is 64.7 Å². The largest absolute Gasteiger partial charge is 0.495 e. The normalized spacial score (nSPS) is 10.9. The van der Waals surface area contributed by atoms with E-state index in [4.69, 9.17) is 0 Å². The quantitative estimate of drug-likeness (QED) is 0.562. The van der Waals surface area contributed by atoms with E-state index in [9.17, 15) is 5.11 Å². The van der Waals surface area contributed by atoms with Gasteiger partial charge >= 0.3 is 0 Å². The van der Waals surface area contributed by atoms with Crippen LogP contribution in [0.5, 0.6) is 5.88 Å². The molecule has 0 aliphatic heterocycles. The van der Waals surface area contributed by atoms with Gasteiger partial charge in [0.25, 0.3) is 0 Å². The van der Waals surface area contributed by atoms with Gasteiger partial charge in [0.1, 0.15) is 0 Å². The number of aromatic nitrogens is 3. The van der Waals surface area contributed by atoms with E-state index < -0.39 is 0 Å². The zero-order valence-corrected chi connectivity index (χ0v) is 7.86. The highest BCUT2D eigenvalue weighted by atomic mass is 16.3. The summed E-state index contributed by atoms with van der Waals surface area (Å²) in [4.78, 5) is 10.4. The molecule has 0 aliphatic carbocycles. The SMILES string of the molecule is Oc1ccc(-c2nc3ccccc3[nH]2)[nH]1. The fourth-order valence-electron chi connectivity index (χ4n) is 1.60. The van der Waals surface area contributed by atoms with E-state index in [1.54, 1.807) is 12.1 Å². The first-order valence-electron chi connectivity index (χ1n) is 4.66. The van der Waals surface area contributed by atoms with Crippen LogP contribution < -0.4 is 0 Å². The van der Waals surface area contributed by atoms with Gasteiger partial charge in [0.05, 0.1) is 16.7 Å². The van der Waals surface area contributed by atoms with Gasteiger partial charge in [-0.1, -0.05) is 12.1 Å². The molecule has 15 heavy (non-hydrogen) atoms. The van der Waals surface area contributed by atoms with Gasteiger partial charge in [0.2, 0.25) is 0 Å². The third-order valence-corrected chi connectivity index (χ3v) is 2.32. The standard InChI is InChI=1S/C11H9N3O/c15-10-6-5-9(12-10)11-13-7-3-1-2-4-8(7)14-11/h1-6,12,15H,(H,13,14). The highest BCUT2D eigenvalue weighted by molar-refractivity contribution is 5.78. The van der Waals surface area contributed by atoms with E-state index in [2.05, 4.69) is 15.0 Å². The summed E-state index contributed by atoms with van der Waals surface area (Å²) in [6.07, 6.45) is 0. The number of nitrogens with zero attached hydrogens (tertiary/aromatic N) is 1. The lowest BCUT2D eigenvalue weighted by molar-refractivity contribution is 0.457. The Labute approximate surface area is 85.6 Å². The number of hydrogen-bond acceptors (Lipinski definition) is 2. The lowest BCUT2D eigenvalue weighted by Crippen LogP contribution is -1.78. The molecule has 0 aliphatic rings. The molecule has 4 heteroatoms. The average Bonchev–Trinajstić information content (AvgIpc) is 2.82. The molecule has 3 rings (SSSR count). The molecule has 0 atom stereocenters. The first-order chi connectivity index (χ1) is 7.33. The zero-order chi connectivity index (χ0) is 10.3. The van der Waals surface area contributed by atoms with Crippen LogP contribution in [-0.2, 0) is 0 Å². The summed E-state index contributed by atoms with van der Waals surface area (Å²) >= 11 is 0. The van der Waals surface area contributed by atoms with Gasteiger partial charge in [0, 0.05) is 6.07 Å². The van der Waals surface area contributed by atoms with E-state index >= 15 is 0 Å². The van der Waals surface area contributed by atoms with E-state index in [0.717, 1.165) is 22.6 Å². The maximum Gasteiger partial charge on any atom is 0.188 e. The molecule has 0 fully saturated rings. The molecule has 0 bridgehead atoms. The molecule has 4 nitrogen and oxygen atoms in total. The van der Waals surface area contributed by atoms with Gasteiger partial charge in [-0.3, -0.25) is 0 Å². The summed E-state index contributed by atoms with van der Waals surface area (Å²) in [6, 6.07) is 11.2. The number of fused-ring (bicyclic) bond motifs is 1. The zero-order valence-electron chi connectivity index (χ0n) is 7.86. The third kappa shape index (κ3) is 1.27. The highest BCUT2D eigenvalue weighted by Crippen LogP contribution is 2.21.